The average molecular weight is 401 g/mol. The van der Waals surface area contributed by atoms with Crippen molar-refractivity contribution in [1.82, 2.24) is 5.32 Å². The molecular weight excluding hydrogens is 370 g/mol. The van der Waals surface area contributed by atoms with Crippen molar-refractivity contribution in [1.29, 1.82) is 0 Å². The van der Waals surface area contributed by atoms with E-state index in [1.54, 1.807) is 0 Å². The van der Waals surface area contributed by atoms with Crippen LogP contribution in [0.5, 0.6) is 0 Å². The normalized spacial score (nSPS) is 47.2. The van der Waals surface area contributed by atoms with Crippen LogP contribution in [0.1, 0.15) is 27.7 Å². The van der Waals surface area contributed by atoms with E-state index >= 15 is 0 Å². The minimum Gasteiger partial charge on any atom is -0.394 e. The van der Waals surface area contributed by atoms with Gasteiger partial charge in [0.1, 0.15) is 30.5 Å². The summed E-state index contributed by atoms with van der Waals surface area (Å²) in [6.07, 6.45) is -1.75. The molecule has 3 saturated heterocycles. The molecule has 9 nitrogen and oxygen atoms in total. The Morgan fingerprint density at radius 2 is 1.79 bits per heavy atom. The van der Waals surface area contributed by atoms with Crippen LogP contribution in [-0.4, -0.2) is 95.4 Å². The molecule has 28 heavy (non-hydrogen) atoms. The van der Waals surface area contributed by atoms with E-state index < -0.39 is 35.9 Å². The van der Waals surface area contributed by atoms with E-state index in [9.17, 15) is 15.3 Å². The van der Waals surface area contributed by atoms with Gasteiger partial charge in [0.2, 0.25) is 0 Å². The zero-order chi connectivity index (χ0) is 20.3. The summed E-state index contributed by atoms with van der Waals surface area (Å²) in [5.74, 6) is -1.50. The Labute approximate surface area is 164 Å². The lowest BCUT2D eigenvalue weighted by molar-refractivity contribution is -0.273. The third-order valence-electron chi connectivity index (χ3n) is 5.78. The fourth-order valence-corrected chi connectivity index (χ4v) is 4.45. The molecule has 3 aliphatic heterocycles. The Balaban J connectivity index is 1.59. The first-order valence-electron chi connectivity index (χ1n) is 9.83. The summed E-state index contributed by atoms with van der Waals surface area (Å²) in [4.78, 5) is 0. The summed E-state index contributed by atoms with van der Waals surface area (Å²) < 4.78 is 29.5. The lowest BCUT2D eigenvalue weighted by Crippen LogP contribution is -2.65. The second-order valence-electron chi connectivity index (χ2n) is 8.86. The van der Waals surface area contributed by atoms with Gasteiger partial charge >= 0.3 is 0 Å². The highest BCUT2D eigenvalue weighted by Crippen LogP contribution is 2.42. The molecule has 0 amide bonds. The fraction of sp³-hybridized carbons (Fsp3) is 0.895. The lowest BCUT2D eigenvalue weighted by atomic mass is 9.85. The Bertz CT molecular complexity index is 623. The zero-order valence-electron chi connectivity index (χ0n) is 16.7. The number of hydrogen-bond acceptors (Lipinski definition) is 9. The number of rotatable bonds is 3. The van der Waals surface area contributed by atoms with Gasteiger partial charge in [0.05, 0.1) is 38.0 Å². The monoisotopic (exact) mass is 401 g/mol. The molecule has 160 valence electrons. The second-order valence-corrected chi connectivity index (χ2v) is 8.86. The van der Waals surface area contributed by atoms with E-state index in [0.29, 0.717) is 6.61 Å². The van der Waals surface area contributed by atoms with Gasteiger partial charge in [-0.2, -0.15) is 0 Å². The topological polar surface area (TPSA) is 119 Å². The number of fused-ring (bicyclic) bond motifs is 3. The maximum atomic E-state index is 10.5. The molecule has 0 bridgehead atoms. The summed E-state index contributed by atoms with van der Waals surface area (Å²) >= 11 is 0. The van der Waals surface area contributed by atoms with E-state index in [1.165, 1.54) is 0 Å². The van der Waals surface area contributed by atoms with Crippen LogP contribution in [0.15, 0.2) is 11.6 Å². The molecule has 8 atom stereocenters. The van der Waals surface area contributed by atoms with Gasteiger partial charge < -0.3 is 44.3 Å². The maximum absolute atomic E-state index is 10.5. The largest absolute Gasteiger partial charge is 0.394 e. The molecule has 4 N–H and O–H groups in total. The summed E-state index contributed by atoms with van der Waals surface area (Å²) in [5, 5.41) is 33.6. The molecule has 9 heteroatoms. The van der Waals surface area contributed by atoms with Crippen LogP contribution in [-0.2, 0) is 23.7 Å². The van der Waals surface area contributed by atoms with Crippen LogP contribution in [0.2, 0.25) is 0 Å². The quantitative estimate of drug-likeness (QED) is 0.443. The van der Waals surface area contributed by atoms with Crippen molar-refractivity contribution in [2.24, 2.45) is 0 Å². The van der Waals surface area contributed by atoms with Crippen molar-refractivity contribution in [3.63, 3.8) is 0 Å². The third kappa shape index (κ3) is 3.76. The highest BCUT2D eigenvalue weighted by atomic mass is 16.8. The SMILES string of the molecule is CC1(C)O[C@@H]2[C@@H](O1)[C@@H]1OC(C)(C)OCC1=C[C@@H]2N[C@@H]1[C@H](O)[C@@H](CO)OC[C@H]1O. The van der Waals surface area contributed by atoms with Gasteiger partial charge in [-0.05, 0) is 33.3 Å². The van der Waals surface area contributed by atoms with E-state index in [1.807, 2.05) is 33.8 Å². The van der Waals surface area contributed by atoms with Gasteiger partial charge in [0.15, 0.2) is 11.6 Å². The number of aliphatic hydroxyl groups excluding tert-OH is 3. The zero-order valence-corrected chi connectivity index (χ0v) is 16.7. The summed E-state index contributed by atoms with van der Waals surface area (Å²) in [5.41, 5.74) is 0.939. The molecule has 0 saturated carbocycles. The van der Waals surface area contributed by atoms with E-state index in [4.69, 9.17) is 23.7 Å². The Hall–Kier alpha value is -0.620. The lowest BCUT2D eigenvalue weighted by Gasteiger charge is -2.46. The first kappa shape index (κ1) is 20.6. The van der Waals surface area contributed by atoms with Crippen molar-refractivity contribution < 1.29 is 39.0 Å². The van der Waals surface area contributed by atoms with E-state index in [2.05, 4.69) is 5.32 Å². The summed E-state index contributed by atoms with van der Waals surface area (Å²) in [6, 6.07) is -1.02. The van der Waals surface area contributed by atoms with E-state index in [0.717, 1.165) is 5.57 Å². The number of aliphatic hydroxyl groups is 3. The first-order valence-corrected chi connectivity index (χ1v) is 9.83. The molecule has 0 aromatic heterocycles. The molecule has 0 aromatic rings. The highest BCUT2D eigenvalue weighted by Gasteiger charge is 2.55. The van der Waals surface area contributed by atoms with Crippen LogP contribution < -0.4 is 5.32 Å². The van der Waals surface area contributed by atoms with Gasteiger partial charge in [-0.1, -0.05) is 6.08 Å². The molecule has 3 fully saturated rings. The third-order valence-corrected chi connectivity index (χ3v) is 5.78. The molecular formula is C19H31NO8. The van der Waals surface area contributed by atoms with Crippen LogP contribution >= 0.6 is 0 Å². The van der Waals surface area contributed by atoms with Crippen LogP contribution in [0.25, 0.3) is 0 Å². The van der Waals surface area contributed by atoms with Gasteiger partial charge in [-0.3, -0.25) is 0 Å². The van der Waals surface area contributed by atoms with Crippen molar-refractivity contribution in [3.8, 4) is 0 Å². The molecule has 0 unspecified atom stereocenters. The van der Waals surface area contributed by atoms with Crippen molar-refractivity contribution >= 4 is 0 Å². The summed E-state index contributed by atoms with van der Waals surface area (Å²) in [7, 11) is 0. The Kier molecular flexibility index (Phi) is 5.35. The first-order chi connectivity index (χ1) is 13.1. The fourth-order valence-electron chi connectivity index (χ4n) is 4.45. The van der Waals surface area contributed by atoms with Gasteiger partial charge in [0, 0.05) is 0 Å². The number of hydrogen-bond donors (Lipinski definition) is 4. The number of nitrogens with one attached hydrogen (secondary N) is 1. The van der Waals surface area contributed by atoms with Crippen LogP contribution in [0.3, 0.4) is 0 Å². The van der Waals surface area contributed by atoms with Gasteiger partial charge in [-0.15, -0.1) is 0 Å². The molecule has 0 spiro atoms. The average Bonchev–Trinajstić information content (AvgIpc) is 2.94. The standard InChI is InChI=1S/C19H31NO8/c1-18(2)25-7-9-5-10(16-17(15(9)26-18)28-19(3,4)27-16)20-13-11(22)8-24-12(6-21)14(13)23/h5,10-17,20-23H,6-8H2,1-4H3/t10-,11+,12+,13-,14+,15+,16-,17-/m0/s1. The van der Waals surface area contributed by atoms with Crippen molar-refractivity contribution in [3.05, 3.63) is 11.6 Å². The summed E-state index contributed by atoms with van der Waals surface area (Å²) in [6.45, 7) is 7.56. The maximum Gasteiger partial charge on any atom is 0.164 e. The molecule has 1 aliphatic carbocycles. The minimum absolute atomic E-state index is 0.0310. The number of ether oxygens (including phenoxy) is 5. The Morgan fingerprint density at radius 1 is 1.07 bits per heavy atom. The highest BCUT2D eigenvalue weighted by molar-refractivity contribution is 5.26. The predicted molar refractivity (Wildman–Crippen MR) is 96.4 cm³/mol. The smallest absolute Gasteiger partial charge is 0.164 e. The van der Waals surface area contributed by atoms with E-state index in [-0.39, 0.29) is 37.6 Å². The molecule has 4 aliphatic rings. The van der Waals surface area contributed by atoms with Gasteiger partial charge in [0.25, 0.3) is 0 Å². The van der Waals surface area contributed by atoms with Crippen LogP contribution in [0.4, 0.5) is 0 Å². The Morgan fingerprint density at radius 3 is 2.50 bits per heavy atom. The minimum atomic E-state index is -1.06. The molecule has 0 radical (unpaired) electrons. The second kappa shape index (κ2) is 7.26. The molecule has 0 aromatic carbocycles. The molecule has 4 rings (SSSR count). The van der Waals surface area contributed by atoms with Crippen molar-refractivity contribution in [2.75, 3.05) is 19.8 Å². The molecule has 3 heterocycles. The predicted octanol–water partition coefficient (Wildman–Crippen LogP) is -0.962. The van der Waals surface area contributed by atoms with Crippen LogP contribution in [0, 0.1) is 0 Å². The van der Waals surface area contributed by atoms with Crippen molar-refractivity contribution in [2.45, 2.75) is 88.0 Å². The van der Waals surface area contributed by atoms with Gasteiger partial charge in [-0.25, -0.2) is 0 Å².